The Morgan fingerprint density at radius 1 is 1.35 bits per heavy atom. The largest absolute Gasteiger partial charge is 0.339 e. The van der Waals surface area contributed by atoms with Gasteiger partial charge in [-0.3, -0.25) is 4.79 Å². The van der Waals surface area contributed by atoms with Crippen LogP contribution in [0.25, 0.3) is 0 Å². The maximum absolute atomic E-state index is 12.6. The molecule has 2 nitrogen and oxygen atoms in total. The van der Waals surface area contributed by atoms with Crippen LogP contribution in [0.2, 0.25) is 0 Å². The Labute approximate surface area is 127 Å². The molecule has 2 rings (SSSR count). The molecule has 0 aliphatic carbocycles. The van der Waals surface area contributed by atoms with Crippen molar-refractivity contribution < 1.29 is 4.79 Å². The second-order valence-electron chi connectivity index (χ2n) is 5.82. The first kappa shape index (κ1) is 15.4. The molecule has 1 heterocycles. The quantitative estimate of drug-likeness (QED) is 0.772. The van der Waals surface area contributed by atoms with E-state index >= 15 is 0 Å². The predicted octanol–water partition coefficient (Wildman–Crippen LogP) is 3.86. The van der Waals surface area contributed by atoms with Crippen LogP contribution in [-0.2, 0) is 11.2 Å². The number of rotatable bonds is 4. The van der Waals surface area contributed by atoms with Gasteiger partial charge >= 0.3 is 0 Å². The molecule has 1 aliphatic rings. The van der Waals surface area contributed by atoms with Crippen molar-refractivity contribution in [2.24, 2.45) is 0 Å². The van der Waals surface area contributed by atoms with Gasteiger partial charge in [-0.1, -0.05) is 23.8 Å². The van der Waals surface area contributed by atoms with E-state index in [0.717, 1.165) is 31.4 Å². The van der Waals surface area contributed by atoms with Crippen molar-refractivity contribution in [2.75, 3.05) is 12.4 Å². The lowest BCUT2D eigenvalue weighted by Crippen LogP contribution is -2.44. The summed E-state index contributed by atoms with van der Waals surface area (Å²) in [4.78, 5) is 14.7. The van der Waals surface area contributed by atoms with Gasteiger partial charge in [-0.25, -0.2) is 0 Å². The van der Waals surface area contributed by atoms with E-state index < -0.39 is 0 Å². The van der Waals surface area contributed by atoms with Crippen molar-refractivity contribution in [3.8, 4) is 0 Å². The molecule has 1 aromatic rings. The second-order valence-corrected chi connectivity index (χ2v) is 6.20. The molecule has 1 aromatic carbocycles. The van der Waals surface area contributed by atoms with Gasteiger partial charge in [0.25, 0.3) is 0 Å². The third-order valence-electron chi connectivity index (χ3n) is 4.24. The lowest BCUT2D eigenvalue weighted by atomic mass is 9.97. The zero-order valence-electron chi connectivity index (χ0n) is 12.5. The van der Waals surface area contributed by atoms with Gasteiger partial charge in [0.2, 0.25) is 5.91 Å². The van der Waals surface area contributed by atoms with Gasteiger partial charge in [0, 0.05) is 18.5 Å². The predicted molar refractivity (Wildman–Crippen MR) is 84.3 cm³/mol. The van der Waals surface area contributed by atoms with E-state index in [4.69, 9.17) is 11.6 Å². The lowest BCUT2D eigenvalue weighted by Gasteiger charge is -2.35. The van der Waals surface area contributed by atoms with Gasteiger partial charge in [-0.2, -0.15) is 0 Å². The fourth-order valence-corrected chi connectivity index (χ4v) is 3.26. The molecule has 0 bridgehead atoms. The first-order valence-electron chi connectivity index (χ1n) is 7.53. The molecular weight excluding hydrogens is 270 g/mol. The number of alkyl halides is 1. The SMILES string of the molecule is Cc1ccc(C)c(CC(=O)N2CCCCC2CCCl)c1. The van der Waals surface area contributed by atoms with Crippen molar-refractivity contribution in [1.82, 2.24) is 4.90 Å². The highest BCUT2D eigenvalue weighted by molar-refractivity contribution is 6.17. The van der Waals surface area contributed by atoms with Crippen molar-refractivity contribution >= 4 is 17.5 Å². The number of carbonyl (C=O) groups excluding carboxylic acids is 1. The number of likely N-dealkylation sites (tertiary alicyclic amines) is 1. The van der Waals surface area contributed by atoms with Crippen LogP contribution in [0.4, 0.5) is 0 Å². The number of piperidine rings is 1. The first-order valence-corrected chi connectivity index (χ1v) is 8.07. The van der Waals surface area contributed by atoms with E-state index in [1.54, 1.807) is 0 Å². The summed E-state index contributed by atoms with van der Waals surface area (Å²) in [5.41, 5.74) is 3.58. The van der Waals surface area contributed by atoms with E-state index in [9.17, 15) is 4.79 Å². The average Bonchev–Trinajstić information content (AvgIpc) is 2.44. The zero-order chi connectivity index (χ0) is 14.5. The third kappa shape index (κ3) is 3.76. The number of benzene rings is 1. The molecule has 0 aromatic heterocycles. The lowest BCUT2D eigenvalue weighted by molar-refractivity contribution is -0.134. The molecule has 1 unspecified atom stereocenters. The molecule has 0 N–H and O–H groups in total. The zero-order valence-corrected chi connectivity index (χ0v) is 13.2. The van der Waals surface area contributed by atoms with Crippen LogP contribution in [-0.4, -0.2) is 29.3 Å². The van der Waals surface area contributed by atoms with Gasteiger partial charge < -0.3 is 4.90 Å². The third-order valence-corrected chi connectivity index (χ3v) is 4.45. The molecule has 20 heavy (non-hydrogen) atoms. The van der Waals surface area contributed by atoms with E-state index in [-0.39, 0.29) is 5.91 Å². The van der Waals surface area contributed by atoms with E-state index in [0.29, 0.717) is 18.3 Å². The van der Waals surface area contributed by atoms with Crippen LogP contribution < -0.4 is 0 Å². The smallest absolute Gasteiger partial charge is 0.227 e. The number of hydrogen-bond donors (Lipinski definition) is 0. The monoisotopic (exact) mass is 293 g/mol. The highest BCUT2D eigenvalue weighted by Gasteiger charge is 2.26. The molecule has 3 heteroatoms. The number of halogens is 1. The van der Waals surface area contributed by atoms with Crippen LogP contribution in [0.1, 0.15) is 42.4 Å². The van der Waals surface area contributed by atoms with Crippen molar-refractivity contribution in [1.29, 1.82) is 0 Å². The molecule has 0 saturated carbocycles. The maximum atomic E-state index is 12.6. The summed E-state index contributed by atoms with van der Waals surface area (Å²) in [7, 11) is 0. The van der Waals surface area contributed by atoms with Crippen molar-refractivity contribution in [3.05, 3.63) is 34.9 Å². The van der Waals surface area contributed by atoms with Gasteiger partial charge in [0.05, 0.1) is 6.42 Å². The van der Waals surface area contributed by atoms with Gasteiger partial charge in [-0.05, 0) is 50.7 Å². The molecule has 110 valence electrons. The number of hydrogen-bond acceptors (Lipinski definition) is 1. The molecular formula is C17H24ClNO. The molecule has 0 spiro atoms. The Bertz CT molecular complexity index is 470. The summed E-state index contributed by atoms with van der Waals surface area (Å²) in [6, 6.07) is 6.68. The van der Waals surface area contributed by atoms with E-state index in [1.165, 1.54) is 17.5 Å². The molecule has 1 saturated heterocycles. The summed E-state index contributed by atoms with van der Waals surface area (Å²) in [6.45, 7) is 5.05. The van der Waals surface area contributed by atoms with Crippen LogP contribution in [0, 0.1) is 13.8 Å². The summed E-state index contributed by atoms with van der Waals surface area (Å²) < 4.78 is 0. The Hall–Kier alpha value is -1.02. The summed E-state index contributed by atoms with van der Waals surface area (Å²) in [5, 5.41) is 0. The van der Waals surface area contributed by atoms with Crippen molar-refractivity contribution in [3.63, 3.8) is 0 Å². The molecule has 1 aliphatic heterocycles. The van der Waals surface area contributed by atoms with Crippen LogP contribution in [0.15, 0.2) is 18.2 Å². The number of aryl methyl sites for hydroxylation is 2. The summed E-state index contributed by atoms with van der Waals surface area (Å²) >= 11 is 5.87. The van der Waals surface area contributed by atoms with Crippen LogP contribution in [0.5, 0.6) is 0 Å². The van der Waals surface area contributed by atoms with Crippen molar-refractivity contribution in [2.45, 2.75) is 52.0 Å². The minimum absolute atomic E-state index is 0.258. The second kappa shape index (κ2) is 7.12. The Morgan fingerprint density at radius 3 is 2.90 bits per heavy atom. The van der Waals surface area contributed by atoms with Gasteiger partial charge in [0.1, 0.15) is 0 Å². The summed E-state index contributed by atoms with van der Waals surface area (Å²) in [5.74, 6) is 0.895. The topological polar surface area (TPSA) is 20.3 Å². The Balaban J connectivity index is 2.07. The highest BCUT2D eigenvalue weighted by atomic mass is 35.5. The Kier molecular flexibility index (Phi) is 5.47. The fraction of sp³-hybridized carbons (Fsp3) is 0.588. The molecule has 1 fully saturated rings. The number of amides is 1. The normalized spacial score (nSPS) is 19.1. The Morgan fingerprint density at radius 2 is 2.15 bits per heavy atom. The maximum Gasteiger partial charge on any atom is 0.227 e. The standard InChI is InChI=1S/C17H24ClNO/c1-13-6-7-14(2)15(11-13)12-17(20)19-10-4-3-5-16(19)8-9-18/h6-7,11,16H,3-5,8-10,12H2,1-2H3. The molecule has 0 radical (unpaired) electrons. The number of nitrogens with zero attached hydrogens (tertiary/aromatic N) is 1. The van der Waals surface area contributed by atoms with Crippen LogP contribution in [0.3, 0.4) is 0 Å². The average molecular weight is 294 g/mol. The van der Waals surface area contributed by atoms with Gasteiger partial charge in [0.15, 0.2) is 0 Å². The van der Waals surface area contributed by atoms with E-state index in [2.05, 4.69) is 36.9 Å². The minimum atomic E-state index is 0.258. The minimum Gasteiger partial charge on any atom is -0.339 e. The van der Waals surface area contributed by atoms with Gasteiger partial charge in [-0.15, -0.1) is 11.6 Å². The van der Waals surface area contributed by atoms with E-state index in [1.807, 2.05) is 0 Å². The summed E-state index contributed by atoms with van der Waals surface area (Å²) in [6.07, 6.45) is 4.88. The highest BCUT2D eigenvalue weighted by Crippen LogP contribution is 2.22. The first-order chi connectivity index (χ1) is 9.61. The fourth-order valence-electron chi connectivity index (χ4n) is 3.01. The number of carbonyl (C=O) groups is 1. The molecule has 1 atom stereocenters. The molecule has 1 amide bonds. The van der Waals surface area contributed by atoms with Crippen LogP contribution >= 0.6 is 11.6 Å².